The van der Waals surface area contributed by atoms with Gasteiger partial charge in [0.15, 0.2) is 0 Å². The SMILES string of the molecule is [N-]=[N+]=NCC1CC(=O)N(C(CC(=O)O)c2ccccc2Cl)C1. The lowest BCUT2D eigenvalue weighted by Crippen LogP contribution is -2.32. The number of azide groups is 1. The monoisotopic (exact) mass is 322 g/mol. The summed E-state index contributed by atoms with van der Waals surface area (Å²) >= 11 is 6.15. The number of likely N-dealkylation sites (tertiary alicyclic amines) is 1. The summed E-state index contributed by atoms with van der Waals surface area (Å²) in [6, 6.07) is 6.29. The third-order valence-corrected chi connectivity index (χ3v) is 3.99. The van der Waals surface area contributed by atoms with Gasteiger partial charge in [-0.15, -0.1) is 0 Å². The predicted octanol–water partition coefficient (Wildman–Crippen LogP) is 3.01. The summed E-state index contributed by atoms with van der Waals surface area (Å²) in [6.07, 6.45) is 0.0311. The number of amides is 1. The van der Waals surface area contributed by atoms with Gasteiger partial charge in [-0.2, -0.15) is 0 Å². The van der Waals surface area contributed by atoms with Crippen molar-refractivity contribution in [1.29, 1.82) is 0 Å². The maximum Gasteiger partial charge on any atom is 0.305 e. The van der Waals surface area contributed by atoms with Crippen LogP contribution in [0.5, 0.6) is 0 Å². The van der Waals surface area contributed by atoms with Crippen LogP contribution in [0.3, 0.4) is 0 Å². The minimum absolute atomic E-state index is 0.0952. The molecule has 0 aliphatic carbocycles. The highest BCUT2D eigenvalue weighted by molar-refractivity contribution is 6.31. The maximum absolute atomic E-state index is 12.2. The van der Waals surface area contributed by atoms with Gasteiger partial charge >= 0.3 is 5.97 Å². The molecule has 2 atom stereocenters. The van der Waals surface area contributed by atoms with E-state index in [0.29, 0.717) is 17.1 Å². The number of hydrogen-bond donors (Lipinski definition) is 1. The Hall–Kier alpha value is -2.24. The third kappa shape index (κ3) is 3.69. The van der Waals surface area contributed by atoms with E-state index in [-0.39, 0.29) is 31.2 Å². The van der Waals surface area contributed by atoms with Gasteiger partial charge in [-0.1, -0.05) is 34.9 Å². The summed E-state index contributed by atoms with van der Waals surface area (Å²) in [5, 5.41) is 13.1. The second-order valence-corrected chi connectivity index (χ2v) is 5.57. The Morgan fingerprint density at radius 3 is 2.91 bits per heavy atom. The molecule has 0 saturated carbocycles. The Morgan fingerprint density at radius 1 is 1.55 bits per heavy atom. The summed E-state index contributed by atoms with van der Waals surface area (Å²) in [6.45, 7) is 0.585. The van der Waals surface area contributed by atoms with Crippen molar-refractivity contribution in [1.82, 2.24) is 4.90 Å². The molecule has 8 heteroatoms. The molecule has 1 saturated heterocycles. The average molecular weight is 323 g/mol. The Morgan fingerprint density at radius 2 is 2.27 bits per heavy atom. The highest BCUT2D eigenvalue weighted by Crippen LogP contribution is 2.34. The van der Waals surface area contributed by atoms with Gasteiger partial charge in [0.05, 0.1) is 12.5 Å². The second-order valence-electron chi connectivity index (χ2n) is 5.16. The van der Waals surface area contributed by atoms with E-state index in [1.165, 1.54) is 4.90 Å². The molecule has 116 valence electrons. The van der Waals surface area contributed by atoms with Gasteiger partial charge in [0.2, 0.25) is 5.91 Å². The average Bonchev–Trinajstić information content (AvgIpc) is 2.84. The van der Waals surface area contributed by atoms with E-state index in [2.05, 4.69) is 10.0 Å². The largest absolute Gasteiger partial charge is 0.481 e. The Labute approximate surface area is 132 Å². The van der Waals surface area contributed by atoms with E-state index in [0.717, 1.165) is 0 Å². The van der Waals surface area contributed by atoms with Gasteiger partial charge in [0, 0.05) is 29.4 Å². The number of hydrogen-bond acceptors (Lipinski definition) is 3. The molecule has 2 rings (SSSR count). The fraction of sp³-hybridized carbons (Fsp3) is 0.429. The number of halogens is 1. The van der Waals surface area contributed by atoms with Crippen LogP contribution in [-0.2, 0) is 9.59 Å². The molecule has 1 heterocycles. The van der Waals surface area contributed by atoms with E-state index >= 15 is 0 Å². The van der Waals surface area contributed by atoms with E-state index < -0.39 is 12.0 Å². The highest BCUT2D eigenvalue weighted by atomic mass is 35.5. The van der Waals surface area contributed by atoms with E-state index in [1.807, 2.05) is 0 Å². The van der Waals surface area contributed by atoms with Crippen LogP contribution in [0.25, 0.3) is 10.4 Å². The number of carboxylic acids is 1. The summed E-state index contributed by atoms with van der Waals surface area (Å²) in [5.41, 5.74) is 8.98. The lowest BCUT2D eigenvalue weighted by Gasteiger charge is -2.28. The van der Waals surface area contributed by atoms with Gasteiger partial charge in [-0.05, 0) is 23.1 Å². The van der Waals surface area contributed by atoms with Crippen molar-refractivity contribution < 1.29 is 14.7 Å². The smallest absolute Gasteiger partial charge is 0.305 e. The first-order chi connectivity index (χ1) is 10.5. The molecule has 1 N–H and O–H groups in total. The first-order valence-electron chi connectivity index (χ1n) is 6.79. The minimum Gasteiger partial charge on any atom is -0.481 e. The van der Waals surface area contributed by atoms with E-state index in [4.69, 9.17) is 22.2 Å². The number of nitrogens with zero attached hydrogens (tertiary/aromatic N) is 4. The zero-order valence-electron chi connectivity index (χ0n) is 11.7. The molecule has 1 amide bonds. The quantitative estimate of drug-likeness (QED) is 0.494. The summed E-state index contributed by atoms with van der Waals surface area (Å²) in [5.74, 6) is -1.25. The van der Waals surface area contributed by atoms with Crippen molar-refractivity contribution >= 4 is 23.5 Å². The minimum atomic E-state index is -1.00. The highest BCUT2D eigenvalue weighted by Gasteiger charge is 2.36. The van der Waals surface area contributed by atoms with Crippen molar-refractivity contribution in [3.8, 4) is 0 Å². The summed E-state index contributed by atoms with van der Waals surface area (Å²) in [4.78, 5) is 27.6. The lowest BCUT2D eigenvalue weighted by atomic mass is 10.0. The van der Waals surface area contributed by atoms with Crippen LogP contribution >= 0.6 is 11.6 Å². The number of carboxylic acid groups (broad SMARTS) is 1. The van der Waals surface area contributed by atoms with Gasteiger partial charge in [0.25, 0.3) is 0 Å². The van der Waals surface area contributed by atoms with Crippen molar-refractivity contribution in [3.05, 3.63) is 45.3 Å². The van der Waals surface area contributed by atoms with Crippen LogP contribution in [0.4, 0.5) is 0 Å². The molecule has 1 aromatic carbocycles. The standard InChI is InChI=1S/C14H15ClN4O3/c15-11-4-2-1-3-10(11)12(6-14(21)22)19-8-9(5-13(19)20)7-17-18-16/h1-4,9,12H,5-8H2,(H,21,22). The predicted molar refractivity (Wildman–Crippen MR) is 80.3 cm³/mol. The Kier molecular flexibility index (Phi) is 5.25. The lowest BCUT2D eigenvalue weighted by molar-refractivity contribution is -0.139. The number of benzene rings is 1. The fourth-order valence-corrected chi connectivity index (χ4v) is 2.94. The van der Waals surface area contributed by atoms with Crippen LogP contribution in [-0.4, -0.2) is 35.0 Å². The third-order valence-electron chi connectivity index (χ3n) is 3.65. The van der Waals surface area contributed by atoms with Crippen molar-refractivity contribution in [2.75, 3.05) is 13.1 Å². The van der Waals surface area contributed by atoms with Gasteiger partial charge in [-0.3, -0.25) is 9.59 Å². The number of carbonyl (C=O) groups excluding carboxylic acids is 1. The van der Waals surface area contributed by atoms with Crippen LogP contribution in [0, 0.1) is 5.92 Å². The van der Waals surface area contributed by atoms with E-state index in [1.54, 1.807) is 24.3 Å². The molecule has 1 aromatic rings. The second kappa shape index (κ2) is 7.15. The molecule has 22 heavy (non-hydrogen) atoms. The Balaban J connectivity index is 2.26. The van der Waals surface area contributed by atoms with Crippen molar-refractivity contribution in [3.63, 3.8) is 0 Å². The molecule has 1 aliphatic heterocycles. The molecule has 7 nitrogen and oxygen atoms in total. The topological polar surface area (TPSA) is 106 Å². The van der Waals surface area contributed by atoms with E-state index in [9.17, 15) is 9.59 Å². The first-order valence-corrected chi connectivity index (χ1v) is 7.17. The zero-order chi connectivity index (χ0) is 16.1. The molecule has 2 unspecified atom stereocenters. The van der Waals surface area contributed by atoms with Crippen LogP contribution < -0.4 is 0 Å². The van der Waals surface area contributed by atoms with Crippen molar-refractivity contribution in [2.45, 2.75) is 18.9 Å². The van der Waals surface area contributed by atoms with Crippen LogP contribution in [0.15, 0.2) is 29.4 Å². The molecule has 0 spiro atoms. The van der Waals surface area contributed by atoms with Crippen molar-refractivity contribution in [2.24, 2.45) is 11.0 Å². The molecule has 0 bridgehead atoms. The van der Waals surface area contributed by atoms with Crippen LogP contribution in [0.1, 0.15) is 24.4 Å². The maximum atomic E-state index is 12.2. The summed E-state index contributed by atoms with van der Waals surface area (Å²) < 4.78 is 0. The first kappa shape index (κ1) is 16.1. The fourth-order valence-electron chi connectivity index (χ4n) is 2.68. The molecule has 1 fully saturated rings. The summed E-state index contributed by atoms with van der Waals surface area (Å²) in [7, 11) is 0. The molecular weight excluding hydrogens is 308 g/mol. The van der Waals surface area contributed by atoms with Gasteiger partial charge < -0.3 is 10.0 Å². The zero-order valence-corrected chi connectivity index (χ0v) is 12.5. The molecule has 0 aromatic heterocycles. The number of carbonyl (C=O) groups is 2. The number of aliphatic carboxylic acids is 1. The normalized spacial score (nSPS) is 18.9. The van der Waals surface area contributed by atoms with Gasteiger partial charge in [-0.25, -0.2) is 0 Å². The molecule has 1 aliphatic rings. The number of rotatable bonds is 6. The Bertz CT molecular complexity index is 630. The van der Waals surface area contributed by atoms with Crippen LogP contribution in [0.2, 0.25) is 5.02 Å². The van der Waals surface area contributed by atoms with Gasteiger partial charge in [0.1, 0.15) is 0 Å². The molecule has 0 radical (unpaired) electrons. The molecular formula is C14H15ClN4O3.